The fourth-order valence-electron chi connectivity index (χ4n) is 8.23. The molecule has 0 aliphatic rings. The number of carbonyl (C=O) groups excluding carboxylic acids is 2. The van der Waals surface area contributed by atoms with Crippen LogP contribution in [-0.2, 0) is 14.3 Å². The maximum Gasteiger partial charge on any atom is 0.306 e. The number of unbranched alkanes of at least 4 members (excludes halogenated alkanes) is 30. The minimum atomic E-state index is -0.809. The van der Waals surface area contributed by atoms with Crippen LogP contribution in [0, 0.1) is 0 Å². The van der Waals surface area contributed by atoms with Crippen molar-refractivity contribution in [2.75, 3.05) is 6.61 Å². The van der Waals surface area contributed by atoms with E-state index in [1.807, 2.05) is 6.08 Å². The van der Waals surface area contributed by atoms with Crippen LogP contribution in [0.25, 0.3) is 0 Å². The molecular weight excluding hydrogens is 779 g/mol. The fourth-order valence-corrected chi connectivity index (χ4v) is 8.23. The highest BCUT2D eigenvalue weighted by Gasteiger charge is 2.23. The largest absolute Gasteiger partial charge is 0.461 e. The smallest absolute Gasteiger partial charge is 0.306 e. The number of aliphatic hydroxyl groups is 2. The van der Waals surface area contributed by atoms with E-state index in [2.05, 4.69) is 68.6 Å². The third-order valence-electron chi connectivity index (χ3n) is 12.4. The predicted octanol–water partition coefficient (Wildman–Crippen LogP) is 16.6. The maximum atomic E-state index is 13.2. The molecule has 0 aliphatic carbocycles. The molecule has 0 aromatic heterocycles. The highest BCUT2D eigenvalue weighted by molar-refractivity contribution is 5.77. The van der Waals surface area contributed by atoms with Gasteiger partial charge in [-0.15, -0.1) is 0 Å². The average Bonchev–Trinajstić information content (AvgIpc) is 3.28. The van der Waals surface area contributed by atoms with E-state index in [0.717, 1.165) is 57.8 Å². The summed E-state index contributed by atoms with van der Waals surface area (Å²) in [7, 11) is 0. The molecule has 0 heterocycles. The average molecular weight is 884 g/mol. The topological polar surface area (TPSA) is 95.9 Å². The van der Waals surface area contributed by atoms with Gasteiger partial charge in [0.1, 0.15) is 6.10 Å². The predicted molar refractivity (Wildman–Crippen MR) is 273 cm³/mol. The molecule has 0 fully saturated rings. The van der Waals surface area contributed by atoms with E-state index in [4.69, 9.17) is 4.74 Å². The number of aliphatic hydroxyl groups excluding tert-OH is 2. The lowest BCUT2D eigenvalue weighted by Crippen LogP contribution is -2.46. The Morgan fingerprint density at radius 3 is 1.27 bits per heavy atom. The summed E-state index contributed by atoms with van der Waals surface area (Å²) in [5.74, 6) is -0.565. The summed E-state index contributed by atoms with van der Waals surface area (Å²) < 4.78 is 5.88. The first-order valence-corrected chi connectivity index (χ1v) is 27.4. The molecule has 368 valence electrons. The van der Waals surface area contributed by atoms with Gasteiger partial charge in [0.2, 0.25) is 5.91 Å². The molecule has 6 nitrogen and oxygen atoms in total. The van der Waals surface area contributed by atoms with Crippen molar-refractivity contribution in [1.82, 2.24) is 5.32 Å². The molecule has 3 unspecified atom stereocenters. The maximum absolute atomic E-state index is 13.2. The number of hydrogen-bond donors (Lipinski definition) is 3. The summed E-state index contributed by atoms with van der Waals surface area (Å²) in [5.41, 5.74) is 0. The molecule has 6 heteroatoms. The first-order chi connectivity index (χ1) is 31.0. The SMILES string of the molecule is CCCCC/C=C\C/C=C\C/C=C\C/C=C\CC(CC(=O)NC(CO)C(O)CCCCCCCCCCCCCCC)OC(=O)CCCCCCCCCCCCCCCCCC. The Balaban J connectivity index is 4.66. The normalized spacial score (nSPS) is 13.5. The van der Waals surface area contributed by atoms with Crippen LogP contribution in [0.15, 0.2) is 48.6 Å². The minimum absolute atomic E-state index is 0.00465. The lowest BCUT2D eigenvalue weighted by atomic mass is 10.0. The van der Waals surface area contributed by atoms with Crippen LogP contribution in [0.4, 0.5) is 0 Å². The van der Waals surface area contributed by atoms with E-state index in [1.54, 1.807) is 0 Å². The van der Waals surface area contributed by atoms with Gasteiger partial charge in [0.25, 0.3) is 0 Å². The first kappa shape index (κ1) is 60.8. The van der Waals surface area contributed by atoms with Gasteiger partial charge in [-0.1, -0.05) is 262 Å². The third kappa shape index (κ3) is 46.2. The molecule has 0 bridgehead atoms. The van der Waals surface area contributed by atoms with Crippen molar-refractivity contribution < 1.29 is 24.5 Å². The van der Waals surface area contributed by atoms with E-state index in [-0.39, 0.29) is 24.9 Å². The Bertz CT molecular complexity index is 1080. The number of ether oxygens (including phenoxy) is 1. The minimum Gasteiger partial charge on any atom is -0.461 e. The molecule has 0 radical (unpaired) electrons. The summed E-state index contributed by atoms with van der Waals surface area (Å²) in [6.45, 7) is 6.45. The Hall–Kier alpha value is -2.18. The van der Waals surface area contributed by atoms with Crippen molar-refractivity contribution in [2.24, 2.45) is 0 Å². The van der Waals surface area contributed by atoms with Crippen molar-refractivity contribution in [2.45, 2.75) is 296 Å². The van der Waals surface area contributed by atoms with Crippen LogP contribution < -0.4 is 5.32 Å². The number of carbonyl (C=O) groups is 2. The van der Waals surface area contributed by atoms with Crippen LogP contribution in [-0.4, -0.2) is 46.9 Å². The van der Waals surface area contributed by atoms with Crippen molar-refractivity contribution in [3.05, 3.63) is 48.6 Å². The fraction of sp³-hybridized carbons (Fsp3) is 0.825. The van der Waals surface area contributed by atoms with Crippen LogP contribution in [0.2, 0.25) is 0 Å². The summed E-state index contributed by atoms with van der Waals surface area (Å²) >= 11 is 0. The van der Waals surface area contributed by atoms with Crippen molar-refractivity contribution in [1.29, 1.82) is 0 Å². The Kier molecular flexibility index (Phi) is 49.1. The van der Waals surface area contributed by atoms with Gasteiger partial charge in [-0.05, 0) is 44.9 Å². The lowest BCUT2D eigenvalue weighted by Gasteiger charge is -2.24. The molecule has 0 aromatic rings. The van der Waals surface area contributed by atoms with Crippen molar-refractivity contribution in [3.8, 4) is 0 Å². The molecule has 0 rings (SSSR count). The van der Waals surface area contributed by atoms with Gasteiger partial charge in [0.05, 0.1) is 25.2 Å². The first-order valence-electron chi connectivity index (χ1n) is 27.4. The summed E-state index contributed by atoms with van der Waals surface area (Å²) in [5, 5.41) is 23.8. The number of hydrogen-bond acceptors (Lipinski definition) is 5. The van der Waals surface area contributed by atoms with E-state index in [1.165, 1.54) is 173 Å². The van der Waals surface area contributed by atoms with Gasteiger partial charge >= 0.3 is 5.97 Å². The number of allylic oxidation sites excluding steroid dienone is 7. The second kappa shape index (κ2) is 50.8. The van der Waals surface area contributed by atoms with Gasteiger partial charge < -0.3 is 20.3 Å². The zero-order valence-corrected chi connectivity index (χ0v) is 42.0. The molecule has 3 N–H and O–H groups in total. The Morgan fingerprint density at radius 2 is 0.841 bits per heavy atom. The molecule has 63 heavy (non-hydrogen) atoms. The van der Waals surface area contributed by atoms with E-state index in [9.17, 15) is 19.8 Å². The second-order valence-electron chi connectivity index (χ2n) is 18.6. The molecule has 3 atom stereocenters. The molecule has 0 saturated heterocycles. The van der Waals surface area contributed by atoms with E-state index >= 15 is 0 Å². The van der Waals surface area contributed by atoms with E-state index in [0.29, 0.717) is 19.3 Å². The quantitative estimate of drug-likeness (QED) is 0.0321. The molecule has 0 saturated carbocycles. The third-order valence-corrected chi connectivity index (χ3v) is 12.4. The summed E-state index contributed by atoms with van der Waals surface area (Å²) in [6.07, 6.45) is 61.9. The molecule has 0 aromatic carbocycles. The van der Waals surface area contributed by atoms with Gasteiger partial charge in [0.15, 0.2) is 0 Å². The second-order valence-corrected chi connectivity index (χ2v) is 18.6. The zero-order valence-electron chi connectivity index (χ0n) is 42.0. The summed E-state index contributed by atoms with van der Waals surface area (Å²) in [4.78, 5) is 26.2. The molecule has 0 aliphatic heterocycles. The van der Waals surface area contributed by atoms with Crippen LogP contribution in [0.5, 0.6) is 0 Å². The number of esters is 1. The highest BCUT2D eigenvalue weighted by Crippen LogP contribution is 2.17. The summed E-state index contributed by atoms with van der Waals surface area (Å²) in [6, 6.07) is -0.729. The van der Waals surface area contributed by atoms with Crippen LogP contribution in [0.1, 0.15) is 278 Å². The number of amides is 1. The highest BCUT2D eigenvalue weighted by atomic mass is 16.5. The standard InChI is InChI=1S/C57H105NO5/c1-4-7-10-13-16-19-22-25-27-29-32-35-38-41-44-47-50-57(62)63-53(48-45-42-39-36-33-31-28-26-23-20-17-14-11-8-5-2)51-56(61)58-54(52-59)55(60)49-46-43-40-37-34-30-24-21-18-15-12-9-6-3/h17,20,26,28,33,36,42,45,53-55,59-60H,4-16,18-19,21-25,27,29-32,34-35,37-41,43-44,46-52H2,1-3H3,(H,58,61)/b20-17-,28-26-,36-33-,45-42-. The van der Waals surface area contributed by atoms with Gasteiger partial charge in [-0.3, -0.25) is 9.59 Å². The van der Waals surface area contributed by atoms with Crippen molar-refractivity contribution >= 4 is 11.9 Å². The number of nitrogens with one attached hydrogen (secondary N) is 1. The monoisotopic (exact) mass is 884 g/mol. The zero-order chi connectivity index (χ0) is 45.9. The lowest BCUT2D eigenvalue weighted by molar-refractivity contribution is -0.150. The van der Waals surface area contributed by atoms with Crippen LogP contribution >= 0.6 is 0 Å². The molecule has 1 amide bonds. The number of rotatable bonds is 49. The molecule has 0 spiro atoms. The van der Waals surface area contributed by atoms with Gasteiger partial charge in [0, 0.05) is 12.8 Å². The van der Waals surface area contributed by atoms with Gasteiger partial charge in [-0.2, -0.15) is 0 Å². The van der Waals surface area contributed by atoms with Crippen LogP contribution in [0.3, 0.4) is 0 Å². The van der Waals surface area contributed by atoms with Gasteiger partial charge in [-0.25, -0.2) is 0 Å². The Labute approximate surface area is 391 Å². The van der Waals surface area contributed by atoms with E-state index < -0.39 is 18.2 Å². The molecular formula is C57H105NO5. The van der Waals surface area contributed by atoms with Crippen molar-refractivity contribution in [3.63, 3.8) is 0 Å². The Morgan fingerprint density at radius 1 is 0.476 bits per heavy atom.